The number of carbonyl (C=O) groups excluding carboxylic acids is 3. The lowest BCUT2D eigenvalue weighted by atomic mass is 9.82. The highest BCUT2D eigenvalue weighted by atomic mass is 19.1. The van der Waals surface area contributed by atoms with E-state index in [2.05, 4.69) is 26.1 Å². The van der Waals surface area contributed by atoms with E-state index < -0.39 is 23.7 Å². The van der Waals surface area contributed by atoms with Crippen LogP contribution in [0.5, 0.6) is 0 Å². The number of halogens is 1. The van der Waals surface area contributed by atoms with Crippen molar-refractivity contribution >= 4 is 23.4 Å². The first-order valence-corrected chi connectivity index (χ1v) is 14.9. The normalized spacial score (nSPS) is 19.1. The third-order valence-corrected chi connectivity index (χ3v) is 8.55. The summed E-state index contributed by atoms with van der Waals surface area (Å²) in [6.45, 7) is 10.00. The Labute approximate surface area is 247 Å². The highest BCUT2D eigenvalue weighted by molar-refractivity contribution is 5.98. The predicted molar refractivity (Wildman–Crippen MR) is 163 cm³/mol. The summed E-state index contributed by atoms with van der Waals surface area (Å²) in [6, 6.07) is 19.1. The summed E-state index contributed by atoms with van der Waals surface area (Å²) >= 11 is 0. The van der Waals surface area contributed by atoms with Gasteiger partial charge in [0, 0.05) is 30.9 Å². The van der Waals surface area contributed by atoms with Gasteiger partial charge in [0.2, 0.25) is 5.91 Å². The topological polar surface area (TPSA) is 69.7 Å². The minimum absolute atomic E-state index is 0.00867. The molecule has 2 aliphatic heterocycles. The van der Waals surface area contributed by atoms with E-state index in [1.54, 1.807) is 36.1 Å². The maximum Gasteiger partial charge on any atom is 0.257 e. The van der Waals surface area contributed by atoms with Gasteiger partial charge in [0.1, 0.15) is 5.82 Å². The number of nitrogens with zero attached hydrogens (tertiary/aromatic N) is 2. The number of anilines is 1. The van der Waals surface area contributed by atoms with Crippen molar-refractivity contribution in [2.45, 2.75) is 64.8 Å². The maximum atomic E-state index is 15.0. The fraction of sp³-hybridized carbons (Fsp3) is 0.400. The molecule has 0 bridgehead atoms. The van der Waals surface area contributed by atoms with Crippen LogP contribution in [0.2, 0.25) is 0 Å². The Morgan fingerprint density at radius 3 is 2.21 bits per heavy atom. The molecule has 2 aliphatic rings. The van der Waals surface area contributed by atoms with Crippen molar-refractivity contribution in [2.24, 2.45) is 5.92 Å². The molecule has 6 nitrogen and oxygen atoms in total. The second-order valence-corrected chi connectivity index (χ2v) is 12.6. The minimum atomic E-state index is -0.619. The minimum Gasteiger partial charge on any atom is -0.339 e. The SMILES string of the molecule is Cc1cccc(F)c1C(=O)N1CCCC(C(=O)Nc2cccc(C(C)(C)C)c2)[C@@H]1c1ccc(C(=O)N2CCCC2)cc1. The molecule has 0 saturated carbocycles. The van der Waals surface area contributed by atoms with Crippen LogP contribution >= 0.6 is 0 Å². The van der Waals surface area contributed by atoms with Crippen molar-refractivity contribution in [3.05, 3.63) is 100 Å². The molecule has 7 heteroatoms. The number of hydrogen-bond donors (Lipinski definition) is 1. The van der Waals surface area contributed by atoms with E-state index in [0.717, 1.165) is 37.1 Å². The molecule has 0 spiro atoms. The third kappa shape index (κ3) is 6.10. The molecule has 2 fully saturated rings. The molecule has 3 amide bonds. The zero-order valence-corrected chi connectivity index (χ0v) is 25.0. The Bertz CT molecular complexity index is 1450. The molecule has 0 aromatic heterocycles. The van der Waals surface area contributed by atoms with Crippen molar-refractivity contribution in [3.63, 3.8) is 0 Å². The van der Waals surface area contributed by atoms with E-state index in [-0.39, 0.29) is 22.8 Å². The van der Waals surface area contributed by atoms with Gasteiger partial charge >= 0.3 is 0 Å². The Kier molecular flexibility index (Phi) is 8.48. The molecule has 2 atom stereocenters. The molecular weight excluding hydrogens is 529 g/mol. The van der Waals surface area contributed by atoms with Crippen LogP contribution in [0.15, 0.2) is 66.7 Å². The van der Waals surface area contributed by atoms with E-state index in [4.69, 9.17) is 0 Å². The molecule has 2 heterocycles. The molecule has 0 radical (unpaired) electrons. The van der Waals surface area contributed by atoms with Gasteiger partial charge in [-0.3, -0.25) is 14.4 Å². The van der Waals surface area contributed by atoms with E-state index in [9.17, 15) is 18.8 Å². The number of amides is 3. The van der Waals surface area contributed by atoms with Crippen LogP contribution in [-0.2, 0) is 10.2 Å². The van der Waals surface area contributed by atoms with Crippen molar-refractivity contribution < 1.29 is 18.8 Å². The zero-order chi connectivity index (χ0) is 30.0. The molecular formula is C35H40FN3O3. The lowest BCUT2D eigenvalue weighted by Crippen LogP contribution is -2.46. The van der Waals surface area contributed by atoms with Crippen molar-refractivity contribution in [1.29, 1.82) is 0 Å². The summed E-state index contributed by atoms with van der Waals surface area (Å²) < 4.78 is 15.0. The highest BCUT2D eigenvalue weighted by Gasteiger charge is 2.40. The number of rotatable bonds is 5. The second kappa shape index (κ2) is 12.1. The van der Waals surface area contributed by atoms with E-state index in [0.29, 0.717) is 36.2 Å². The first-order valence-electron chi connectivity index (χ1n) is 14.9. The quantitative estimate of drug-likeness (QED) is 0.363. The van der Waals surface area contributed by atoms with Gasteiger partial charge < -0.3 is 15.1 Å². The molecule has 3 aromatic rings. The fourth-order valence-corrected chi connectivity index (χ4v) is 6.18. The summed E-state index contributed by atoms with van der Waals surface area (Å²) in [5.41, 5.74) is 3.64. The molecule has 1 N–H and O–H groups in total. The molecule has 5 rings (SSSR count). The van der Waals surface area contributed by atoms with Crippen LogP contribution in [-0.4, -0.2) is 47.2 Å². The maximum absolute atomic E-state index is 15.0. The van der Waals surface area contributed by atoms with Gasteiger partial charge in [-0.1, -0.05) is 57.2 Å². The third-order valence-electron chi connectivity index (χ3n) is 8.55. The molecule has 220 valence electrons. The lowest BCUT2D eigenvalue weighted by Gasteiger charge is -2.41. The molecule has 2 saturated heterocycles. The van der Waals surface area contributed by atoms with Crippen LogP contribution in [0.1, 0.15) is 89.9 Å². The zero-order valence-electron chi connectivity index (χ0n) is 25.0. The molecule has 3 aromatic carbocycles. The summed E-state index contributed by atoms with van der Waals surface area (Å²) in [7, 11) is 0. The van der Waals surface area contributed by atoms with Crippen LogP contribution < -0.4 is 5.32 Å². The van der Waals surface area contributed by atoms with Crippen LogP contribution in [0.3, 0.4) is 0 Å². The van der Waals surface area contributed by atoms with Gasteiger partial charge in [0.15, 0.2) is 0 Å². The summed E-state index contributed by atoms with van der Waals surface area (Å²) in [4.78, 5) is 44.4. The Balaban J connectivity index is 1.49. The van der Waals surface area contributed by atoms with Gasteiger partial charge in [-0.05, 0) is 85.0 Å². The van der Waals surface area contributed by atoms with E-state index in [1.165, 1.54) is 6.07 Å². The second-order valence-electron chi connectivity index (χ2n) is 12.6. The first kappa shape index (κ1) is 29.5. The highest BCUT2D eigenvalue weighted by Crippen LogP contribution is 2.39. The number of benzene rings is 3. The van der Waals surface area contributed by atoms with E-state index in [1.807, 2.05) is 41.3 Å². The van der Waals surface area contributed by atoms with E-state index >= 15 is 0 Å². The van der Waals surface area contributed by atoms with Gasteiger partial charge in [-0.15, -0.1) is 0 Å². The molecule has 42 heavy (non-hydrogen) atoms. The summed E-state index contributed by atoms with van der Waals surface area (Å²) in [5.74, 6) is -1.76. The monoisotopic (exact) mass is 569 g/mol. The summed E-state index contributed by atoms with van der Waals surface area (Å²) in [6.07, 6.45) is 3.20. The first-order chi connectivity index (χ1) is 20.0. The van der Waals surface area contributed by atoms with Crippen molar-refractivity contribution in [3.8, 4) is 0 Å². The number of likely N-dealkylation sites (tertiary alicyclic amines) is 2. The van der Waals surface area contributed by atoms with Gasteiger partial charge in [-0.2, -0.15) is 0 Å². The number of piperidine rings is 1. The standard InChI is InChI=1S/C35H40FN3O3/c1-23-10-7-14-29(36)30(23)34(42)39-21-9-13-28(32(40)37-27-12-8-11-26(22-27)35(2,3)4)31(39)24-15-17-25(18-16-24)33(41)38-19-5-6-20-38/h7-8,10-12,14-18,22,28,31H,5-6,9,13,19-21H2,1-4H3,(H,37,40)/t28?,31-/m0/s1. The van der Waals surface area contributed by atoms with Gasteiger partial charge in [0.05, 0.1) is 17.5 Å². The summed E-state index contributed by atoms with van der Waals surface area (Å²) in [5, 5.41) is 3.10. The Morgan fingerprint density at radius 2 is 1.55 bits per heavy atom. The average Bonchev–Trinajstić information content (AvgIpc) is 3.51. The lowest BCUT2D eigenvalue weighted by molar-refractivity contribution is -0.123. The van der Waals surface area contributed by atoms with Crippen LogP contribution in [0.4, 0.5) is 10.1 Å². The van der Waals surface area contributed by atoms with Gasteiger partial charge in [0.25, 0.3) is 11.8 Å². The van der Waals surface area contributed by atoms with Crippen molar-refractivity contribution in [1.82, 2.24) is 9.80 Å². The van der Waals surface area contributed by atoms with Gasteiger partial charge in [-0.25, -0.2) is 4.39 Å². The number of nitrogens with one attached hydrogen (secondary N) is 1. The fourth-order valence-electron chi connectivity index (χ4n) is 6.18. The van der Waals surface area contributed by atoms with Crippen LogP contribution in [0.25, 0.3) is 0 Å². The molecule has 1 unspecified atom stereocenters. The largest absolute Gasteiger partial charge is 0.339 e. The van der Waals surface area contributed by atoms with Crippen LogP contribution in [0, 0.1) is 18.7 Å². The average molecular weight is 570 g/mol. The number of aryl methyl sites for hydroxylation is 1. The Hall–Kier alpha value is -4.00. The smallest absolute Gasteiger partial charge is 0.257 e. The predicted octanol–water partition coefficient (Wildman–Crippen LogP) is 6.90. The number of carbonyl (C=O) groups is 3. The number of hydrogen-bond acceptors (Lipinski definition) is 3. The van der Waals surface area contributed by atoms with Crippen molar-refractivity contribution in [2.75, 3.05) is 25.0 Å². The Morgan fingerprint density at radius 1 is 0.857 bits per heavy atom. The molecule has 0 aliphatic carbocycles.